The number of rotatable bonds is 2. The van der Waals surface area contributed by atoms with Crippen molar-refractivity contribution < 1.29 is 13.6 Å². The van der Waals surface area contributed by atoms with Gasteiger partial charge in [-0.1, -0.05) is 0 Å². The smallest absolute Gasteiger partial charge is 0.259 e. The molecular weight excluding hydrogens is 202 g/mol. The second-order valence-electron chi connectivity index (χ2n) is 2.70. The zero-order valence-corrected chi connectivity index (χ0v) is 7.50. The molecule has 5 heteroatoms. The van der Waals surface area contributed by atoms with E-state index in [1.807, 2.05) is 0 Å². The number of halogens is 2. The quantitative estimate of drug-likeness (QED) is 0.589. The Morgan fingerprint density at radius 3 is 2.67 bits per heavy atom. The molecule has 0 unspecified atom stereocenters. The molecule has 0 atom stereocenters. The molecule has 0 aliphatic heterocycles. The van der Waals surface area contributed by atoms with Crippen LogP contribution in [0.15, 0.2) is 23.8 Å². The van der Waals surface area contributed by atoms with E-state index in [0.717, 1.165) is 24.3 Å². The Morgan fingerprint density at radius 2 is 2.13 bits per heavy atom. The standard InChI is InChI=1S/C10H6F2N2O/c11-8-1-2-9(12)6(4-8)3-7(5-13)10(14)15/h1-4H,(H2,14,15)/b7-3+. The first-order chi connectivity index (χ1) is 7.04. The molecule has 76 valence electrons. The van der Waals surface area contributed by atoms with Gasteiger partial charge in [-0.05, 0) is 24.3 Å². The number of nitrogens with zero attached hydrogens (tertiary/aromatic N) is 1. The highest BCUT2D eigenvalue weighted by Crippen LogP contribution is 2.13. The van der Waals surface area contributed by atoms with E-state index in [1.54, 1.807) is 0 Å². The molecule has 1 aromatic rings. The normalized spacial score (nSPS) is 10.9. The summed E-state index contributed by atoms with van der Waals surface area (Å²) in [6.45, 7) is 0. The van der Waals surface area contributed by atoms with Gasteiger partial charge >= 0.3 is 0 Å². The summed E-state index contributed by atoms with van der Waals surface area (Å²) in [5.41, 5.74) is 4.22. The molecule has 0 aromatic heterocycles. The molecule has 0 aliphatic rings. The first kappa shape index (κ1) is 10.9. The summed E-state index contributed by atoms with van der Waals surface area (Å²) in [6.07, 6.45) is 0.904. The van der Waals surface area contributed by atoms with Crippen molar-refractivity contribution >= 4 is 12.0 Å². The molecule has 2 N–H and O–H groups in total. The molecular formula is C10H6F2N2O. The van der Waals surface area contributed by atoms with E-state index in [1.165, 1.54) is 6.07 Å². The molecule has 0 aliphatic carbocycles. The fraction of sp³-hybridized carbons (Fsp3) is 0. The summed E-state index contributed by atoms with van der Waals surface area (Å²) in [5.74, 6) is -2.38. The van der Waals surface area contributed by atoms with Crippen LogP contribution in [0.2, 0.25) is 0 Å². The van der Waals surface area contributed by atoms with Crippen LogP contribution < -0.4 is 5.73 Å². The van der Waals surface area contributed by atoms with Crippen molar-refractivity contribution in [2.75, 3.05) is 0 Å². The SMILES string of the molecule is N#C/C(=C\c1cc(F)ccc1F)C(N)=O. The van der Waals surface area contributed by atoms with Crippen molar-refractivity contribution in [2.24, 2.45) is 5.73 Å². The maximum absolute atomic E-state index is 13.1. The van der Waals surface area contributed by atoms with Crippen LogP contribution in [-0.2, 0) is 4.79 Å². The number of nitriles is 1. The Hall–Kier alpha value is -2.22. The van der Waals surface area contributed by atoms with Crippen LogP contribution in [0.1, 0.15) is 5.56 Å². The van der Waals surface area contributed by atoms with E-state index in [4.69, 9.17) is 11.0 Å². The third-order valence-corrected chi connectivity index (χ3v) is 1.64. The number of hydrogen-bond donors (Lipinski definition) is 1. The Morgan fingerprint density at radius 1 is 1.47 bits per heavy atom. The number of amides is 1. The first-order valence-electron chi connectivity index (χ1n) is 3.91. The largest absolute Gasteiger partial charge is 0.365 e. The summed E-state index contributed by atoms with van der Waals surface area (Å²) < 4.78 is 25.8. The molecule has 1 aromatic carbocycles. The van der Waals surface area contributed by atoms with Gasteiger partial charge < -0.3 is 5.73 Å². The van der Waals surface area contributed by atoms with Gasteiger partial charge in [0.05, 0.1) is 0 Å². The molecule has 0 heterocycles. The Kier molecular flexibility index (Phi) is 3.13. The van der Waals surface area contributed by atoms with E-state index in [-0.39, 0.29) is 5.56 Å². The maximum atomic E-state index is 13.1. The van der Waals surface area contributed by atoms with Crippen LogP contribution in [0.5, 0.6) is 0 Å². The van der Waals surface area contributed by atoms with E-state index in [2.05, 4.69) is 0 Å². The van der Waals surface area contributed by atoms with Crippen LogP contribution in [0.25, 0.3) is 6.08 Å². The van der Waals surface area contributed by atoms with Gasteiger partial charge in [0.25, 0.3) is 5.91 Å². The average molecular weight is 208 g/mol. The number of carbonyl (C=O) groups is 1. The number of nitrogens with two attached hydrogens (primary N) is 1. The van der Waals surface area contributed by atoms with Crippen molar-refractivity contribution in [2.45, 2.75) is 0 Å². The van der Waals surface area contributed by atoms with Gasteiger partial charge in [-0.25, -0.2) is 8.78 Å². The van der Waals surface area contributed by atoms with Crippen LogP contribution in [0.4, 0.5) is 8.78 Å². The zero-order chi connectivity index (χ0) is 11.4. The molecule has 3 nitrogen and oxygen atoms in total. The van der Waals surface area contributed by atoms with Crippen LogP contribution >= 0.6 is 0 Å². The zero-order valence-electron chi connectivity index (χ0n) is 7.50. The molecule has 0 saturated carbocycles. The lowest BCUT2D eigenvalue weighted by Gasteiger charge is -1.97. The highest BCUT2D eigenvalue weighted by Gasteiger charge is 2.07. The van der Waals surface area contributed by atoms with Crippen molar-refractivity contribution in [3.05, 3.63) is 41.0 Å². The van der Waals surface area contributed by atoms with Crippen LogP contribution in [0, 0.1) is 23.0 Å². The Labute approximate surface area is 84.4 Å². The summed E-state index contributed by atoms with van der Waals surface area (Å²) in [4.78, 5) is 10.6. The molecule has 0 saturated heterocycles. The van der Waals surface area contributed by atoms with E-state index in [9.17, 15) is 13.6 Å². The molecule has 0 bridgehead atoms. The summed E-state index contributed by atoms with van der Waals surface area (Å²) in [7, 11) is 0. The summed E-state index contributed by atoms with van der Waals surface area (Å²) in [5, 5.41) is 8.48. The van der Waals surface area contributed by atoms with Crippen molar-refractivity contribution in [1.29, 1.82) is 5.26 Å². The van der Waals surface area contributed by atoms with E-state index in [0.29, 0.717) is 0 Å². The fourth-order valence-electron chi connectivity index (χ4n) is 0.939. The number of primary amides is 1. The lowest BCUT2D eigenvalue weighted by Crippen LogP contribution is -2.12. The topological polar surface area (TPSA) is 66.9 Å². The Balaban J connectivity index is 3.23. The third-order valence-electron chi connectivity index (χ3n) is 1.64. The van der Waals surface area contributed by atoms with Gasteiger partial charge in [0.15, 0.2) is 0 Å². The fourth-order valence-corrected chi connectivity index (χ4v) is 0.939. The van der Waals surface area contributed by atoms with Gasteiger partial charge in [-0.2, -0.15) is 5.26 Å². The molecule has 0 spiro atoms. The van der Waals surface area contributed by atoms with E-state index >= 15 is 0 Å². The van der Waals surface area contributed by atoms with Gasteiger partial charge in [0.1, 0.15) is 23.3 Å². The lowest BCUT2D eigenvalue weighted by molar-refractivity contribution is -0.114. The molecule has 15 heavy (non-hydrogen) atoms. The second-order valence-corrected chi connectivity index (χ2v) is 2.70. The average Bonchev–Trinajstić information content (AvgIpc) is 2.18. The van der Waals surface area contributed by atoms with Crippen LogP contribution in [0.3, 0.4) is 0 Å². The predicted molar refractivity (Wildman–Crippen MR) is 49.1 cm³/mol. The highest BCUT2D eigenvalue weighted by atomic mass is 19.1. The van der Waals surface area contributed by atoms with Crippen molar-refractivity contribution in [1.82, 2.24) is 0 Å². The van der Waals surface area contributed by atoms with Gasteiger partial charge in [0.2, 0.25) is 0 Å². The van der Waals surface area contributed by atoms with E-state index < -0.39 is 23.1 Å². The molecule has 1 amide bonds. The second kappa shape index (κ2) is 4.33. The van der Waals surface area contributed by atoms with Crippen molar-refractivity contribution in [3.63, 3.8) is 0 Å². The molecule has 0 radical (unpaired) electrons. The van der Waals surface area contributed by atoms with Gasteiger partial charge in [0, 0.05) is 5.56 Å². The monoisotopic (exact) mass is 208 g/mol. The lowest BCUT2D eigenvalue weighted by atomic mass is 10.1. The van der Waals surface area contributed by atoms with Crippen LogP contribution in [-0.4, -0.2) is 5.91 Å². The van der Waals surface area contributed by atoms with Gasteiger partial charge in [-0.3, -0.25) is 4.79 Å². The third kappa shape index (κ3) is 2.61. The number of hydrogen-bond acceptors (Lipinski definition) is 2. The highest BCUT2D eigenvalue weighted by molar-refractivity contribution is 6.00. The minimum absolute atomic E-state index is 0.189. The first-order valence-corrected chi connectivity index (χ1v) is 3.91. The van der Waals surface area contributed by atoms with Crippen molar-refractivity contribution in [3.8, 4) is 6.07 Å². The minimum Gasteiger partial charge on any atom is -0.365 e. The minimum atomic E-state index is -0.985. The van der Waals surface area contributed by atoms with Gasteiger partial charge in [-0.15, -0.1) is 0 Å². The maximum Gasteiger partial charge on any atom is 0.259 e. The Bertz CT molecular complexity index is 475. The summed E-state index contributed by atoms with van der Waals surface area (Å²) in [6, 6.07) is 4.20. The number of benzene rings is 1. The molecule has 0 fully saturated rings. The summed E-state index contributed by atoms with van der Waals surface area (Å²) >= 11 is 0. The molecule has 1 rings (SSSR count). The predicted octanol–water partition coefficient (Wildman–Crippen LogP) is 1.36. The number of carbonyl (C=O) groups excluding carboxylic acids is 1.